The van der Waals surface area contributed by atoms with E-state index in [0.29, 0.717) is 0 Å². The van der Waals surface area contributed by atoms with E-state index in [1.165, 1.54) is 5.69 Å². The standard InChI is InChI=1S/C8H11NS/c1-2-10-9-8-6-4-3-5-7-8/h3-7,9H,2H2,1H3. The summed E-state index contributed by atoms with van der Waals surface area (Å²) < 4.78 is 3.21. The lowest BCUT2D eigenvalue weighted by atomic mass is 10.3. The summed E-state index contributed by atoms with van der Waals surface area (Å²) in [5, 5.41) is 0. The van der Waals surface area contributed by atoms with E-state index in [9.17, 15) is 0 Å². The van der Waals surface area contributed by atoms with Crippen LogP contribution in [0.1, 0.15) is 6.92 Å². The maximum Gasteiger partial charge on any atom is 0.0440 e. The van der Waals surface area contributed by atoms with E-state index in [0.717, 1.165) is 5.75 Å². The van der Waals surface area contributed by atoms with E-state index >= 15 is 0 Å². The number of anilines is 1. The number of benzene rings is 1. The van der Waals surface area contributed by atoms with Gasteiger partial charge in [-0.05, 0) is 12.1 Å². The second-order valence-corrected chi connectivity index (χ2v) is 2.97. The molecule has 0 spiro atoms. The highest BCUT2D eigenvalue weighted by Crippen LogP contribution is 2.10. The molecule has 0 aromatic heterocycles. The Bertz CT molecular complexity index is 174. The lowest BCUT2D eigenvalue weighted by Crippen LogP contribution is -1.84. The third-order valence-corrected chi connectivity index (χ3v) is 1.78. The van der Waals surface area contributed by atoms with Crippen molar-refractivity contribution in [3.63, 3.8) is 0 Å². The summed E-state index contributed by atoms with van der Waals surface area (Å²) in [5.74, 6) is 1.09. The van der Waals surface area contributed by atoms with E-state index in [4.69, 9.17) is 0 Å². The Labute approximate surface area is 66.0 Å². The molecule has 0 aliphatic heterocycles. The highest BCUT2D eigenvalue weighted by molar-refractivity contribution is 8.00. The van der Waals surface area contributed by atoms with Gasteiger partial charge in [0.1, 0.15) is 0 Å². The molecular formula is C8H11NS. The molecule has 0 atom stereocenters. The van der Waals surface area contributed by atoms with Gasteiger partial charge in [0.15, 0.2) is 0 Å². The summed E-state index contributed by atoms with van der Waals surface area (Å²) in [6, 6.07) is 10.2. The van der Waals surface area contributed by atoms with Crippen molar-refractivity contribution in [1.29, 1.82) is 0 Å². The first-order valence-corrected chi connectivity index (χ1v) is 4.35. The average molecular weight is 153 g/mol. The molecule has 0 amide bonds. The van der Waals surface area contributed by atoms with Crippen LogP contribution in [-0.2, 0) is 0 Å². The minimum absolute atomic E-state index is 1.09. The van der Waals surface area contributed by atoms with Crippen molar-refractivity contribution < 1.29 is 0 Å². The van der Waals surface area contributed by atoms with Gasteiger partial charge in [-0.3, -0.25) is 0 Å². The van der Waals surface area contributed by atoms with Crippen LogP contribution < -0.4 is 4.72 Å². The molecule has 0 aliphatic carbocycles. The molecule has 2 heteroatoms. The number of hydrogen-bond donors (Lipinski definition) is 1. The number of rotatable bonds is 3. The fourth-order valence-corrected chi connectivity index (χ4v) is 1.11. The molecule has 0 bridgehead atoms. The first-order chi connectivity index (χ1) is 4.93. The minimum Gasteiger partial charge on any atom is -0.330 e. The Kier molecular flexibility index (Phi) is 3.16. The van der Waals surface area contributed by atoms with Gasteiger partial charge in [-0.25, -0.2) is 0 Å². The Balaban J connectivity index is 2.43. The summed E-state index contributed by atoms with van der Waals surface area (Å²) in [7, 11) is 0. The third kappa shape index (κ3) is 2.31. The van der Waals surface area contributed by atoms with E-state index in [2.05, 4.69) is 23.8 Å². The third-order valence-electron chi connectivity index (χ3n) is 1.11. The largest absolute Gasteiger partial charge is 0.330 e. The molecule has 0 fully saturated rings. The zero-order valence-electron chi connectivity index (χ0n) is 6.00. The normalized spacial score (nSPS) is 9.30. The predicted octanol–water partition coefficient (Wildman–Crippen LogP) is 2.77. The van der Waals surface area contributed by atoms with Crippen LogP contribution in [-0.4, -0.2) is 5.75 Å². The Morgan fingerprint density at radius 1 is 1.30 bits per heavy atom. The van der Waals surface area contributed by atoms with Crippen LogP contribution in [0.5, 0.6) is 0 Å². The number of para-hydroxylation sites is 1. The second kappa shape index (κ2) is 4.23. The van der Waals surface area contributed by atoms with Gasteiger partial charge in [0.2, 0.25) is 0 Å². The number of hydrogen-bond acceptors (Lipinski definition) is 2. The fraction of sp³-hybridized carbons (Fsp3) is 0.250. The van der Waals surface area contributed by atoms with Crippen LogP contribution >= 0.6 is 11.9 Å². The van der Waals surface area contributed by atoms with Gasteiger partial charge in [-0.15, -0.1) is 0 Å². The monoisotopic (exact) mass is 153 g/mol. The summed E-state index contributed by atoms with van der Waals surface area (Å²) in [6.45, 7) is 2.13. The van der Waals surface area contributed by atoms with E-state index in [1.54, 1.807) is 11.9 Å². The van der Waals surface area contributed by atoms with E-state index < -0.39 is 0 Å². The van der Waals surface area contributed by atoms with Crippen LogP contribution in [0, 0.1) is 0 Å². The zero-order chi connectivity index (χ0) is 7.23. The molecule has 1 aromatic rings. The highest BCUT2D eigenvalue weighted by atomic mass is 32.2. The topological polar surface area (TPSA) is 12.0 Å². The van der Waals surface area contributed by atoms with Crippen molar-refractivity contribution in [2.24, 2.45) is 0 Å². The molecule has 0 saturated heterocycles. The molecule has 10 heavy (non-hydrogen) atoms. The molecule has 0 unspecified atom stereocenters. The van der Waals surface area contributed by atoms with Crippen molar-refractivity contribution in [3.05, 3.63) is 30.3 Å². The highest BCUT2D eigenvalue weighted by Gasteiger charge is 1.84. The quantitative estimate of drug-likeness (QED) is 0.670. The lowest BCUT2D eigenvalue weighted by Gasteiger charge is -2.00. The molecule has 1 rings (SSSR count). The van der Waals surface area contributed by atoms with Gasteiger partial charge in [-0.1, -0.05) is 37.1 Å². The SMILES string of the molecule is CCSNc1ccccc1. The number of nitrogens with one attached hydrogen (secondary N) is 1. The van der Waals surface area contributed by atoms with Crippen LogP contribution in [0.2, 0.25) is 0 Å². The van der Waals surface area contributed by atoms with Crippen LogP contribution in [0.25, 0.3) is 0 Å². The molecule has 1 nitrogen and oxygen atoms in total. The maximum atomic E-state index is 3.21. The minimum atomic E-state index is 1.09. The summed E-state index contributed by atoms with van der Waals surface area (Å²) in [5.41, 5.74) is 1.18. The Morgan fingerprint density at radius 2 is 2.00 bits per heavy atom. The van der Waals surface area contributed by atoms with Crippen molar-refractivity contribution in [2.45, 2.75) is 6.92 Å². The Morgan fingerprint density at radius 3 is 2.60 bits per heavy atom. The summed E-state index contributed by atoms with van der Waals surface area (Å²) in [4.78, 5) is 0. The first kappa shape index (κ1) is 7.48. The van der Waals surface area contributed by atoms with Crippen molar-refractivity contribution >= 4 is 17.6 Å². The van der Waals surface area contributed by atoms with Crippen LogP contribution in [0.15, 0.2) is 30.3 Å². The van der Waals surface area contributed by atoms with Crippen molar-refractivity contribution in [1.82, 2.24) is 0 Å². The molecule has 1 aromatic carbocycles. The molecule has 54 valence electrons. The first-order valence-electron chi connectivity index (χ1n) is 3.36. The zero-order valence-corrected chi connectivity index (χ0v) is 6.82. The Hall–Kier alpha value is -0.630. The van der Waals surface area contributed by atoms with E-state index in [1.807, 2.05) is 18.2 Å². The fourth-order valence-electron chi connectivity index (χ4n) is 0.662. The summed E-state index contributed by atoms with van der Waals surface area (Å²) in [6.07, 6.45) is 0. The predicted molar refractivity (Wildman–Crippen MR) is 48.2 cm³/mol. The van der Waals surface area contributed by atoms with Gasteiger partial charge >= 0.3 is 0 Å². The molecular weight excluding hydrogens is 142 g/mol. The molecule has 0 saturated carbocycles. The van der Waals surface area contributed by atoms with Crippen LogP contribution in [0.4, 0.5) is 5.69 Å². The maximum absolute atomic E-state index is 3.21. The van der Waals surface area contributed by atoms with Gasteiger partial charge in [0, 0.05) is 11.4 Å². The van der Waals surface area contributed by atoms with Crippen LogP contribution in [0.3, 0.4) is 0 Å². The van der Waals surface area contributed by atoms with Gasteiger partial charge in [0.05, 0.1) is 0 Å². The van der Waals surface area contributed by atoms with Gasteiger partial charge in [-0.2, -0.15) is 0 Å². The van der Waals surface area contributed by atoms with Crippen molar-refractivity contribution in [2.75, 3.05) is 10.5 Å². The second-order valence-electron chi connectivity index (χ2n) is 1.90. The summed E-state index contributed by atoms with van der Waals surface area (Å²) >= 11 is 1.71. The van der Waals surface area contributed by atoms with E-state index in [-0.39, 0.29) is 0 Å². The molecule has 1 N–H and O–H groups in total. The molecule has 0 heterocycles. The molecule has 0 radical (unpaired) electrons. The lowest BCUT2D eigenvalue weighted by molar-refractivity contribution is 1.52. The van der Waals surface area contributed by atoms with Crippen molar-refractivity contribution in [3.8, 4) is 0 Å². The smallest absolute Gasteiger partial charge is 0.0440 e. The molecule has 0 aliphatic rings. The van der Waals surface area contributed by atoms with Gasteiger partial charge < -0.3 is 4.72 Å². The average Bonchev–Trinajstić information content (AvgIpc) is 2.03. The van der Waals surface area contributed by atoms with Gasteiger partial charge in [0.25, 0.3) is 0 Å².